The first-order chi connectivity index (χ1) is 13.2. The summed E-state index contributed by atoms with van der Waals surface area (Å²) in [6.07, 6.45) is 6.71. The molecule has 0 spiro atoms. The van der Waals surface area contributed by atoms with Crippen LogP contribution in [-0.4, -0.2) is 27.2 Å². The van der Waals surface area contributed by atoms with Gasteiger partial charge in [-0.3, -0.25) is 0 Å². The van der Waals surface area contributed by atoms with Gasteiger partial charge in [0.1, 0.15) is 5.76 Å². The van der Waals surface area contributed by atoms with E-state index in [1.165, 1.54) is 11.8 Å². The maximum atomic E-state index is 6.09. The van der Waals surface area contributed by atoms with Crippen LogP contribution in [-0.2, 0) is 0 Å². The average molecular weight is 443 g/mol. The molecule has 1 aromatic carbocycles. The highest BCUT2D eigenvalue weighted by atomic mass is 79.9. The molecule has 0 amide bonds. The Hall–Kier alpha value is -2.58. The van der Waals surface area contributed by atoms with E-state index in [1.54, 1.807) is 12.3 Å². The molecule has 0 unspecified atom stereocenters. The van der Waals surface area contributed by atoms with Gasteiger partial charge in [-0.15, -0.1) is 16.8 Å². The zero-order valence-electron chi connectivity index (χ0n) is 14.1. The monoisotopic (exact) mass is 442 g/mol. The molecule has 136 valence electrons. The van der Waals surface area contributed by atoms with Crippen molar-refractivity contribution < 1.29 is 9.15 Å². The van der Waals surface area contributed by atoms with Gasteiger partial charge < -0.3 is 14.5 Å². The van der Waals surface area contributed by atoms with Crippen LogP contribution in [0.15, 0.2) is 69.4 Å². The zero-order valence-corrected chi connectivity index (χ0v) is 16.5. The number of furan rings is 1. The lowest BCUT2D eigenvalue weighted by Gasteiger charge is -2.15. The largest absolute Gasteiger partial charge is 0.465 e. The summed E-state index contributed by atoms with van der Waals surface area (Å²) in [6, 6.07) is 9.60. The number of hydrogen-bond acceptors (Lipinski definition) is 7. The molecule has 0 saturated heterocycles. The van der Waals surface area contributed by atoms with Crippen LogP contribution in [0, 0.1) is 0 Å². The maximum absolute atomic E-state index is 6.09. The number of hydrogen-bond donors (Lipinski definition) is 1. The highest BCUT2D eigenvalue weighted by molar-refractivity contribution is 9.10. The Morgan fingerprint density at radius 1 is 1.30 bits per heavy atom. The van der Waals surface area contributed by atoms with Gasteiger partial charge in [0.2, 0.25) is 11.0 Å². The van der Waals surface area contributed by atoms with E-state index in [0.717, 1.165) is 21.5 Å². The lowest BCUT2D eigenvalue weighted by Crippen LogP contribution is -2.23. The number of nitrogens with zero attached hydrogens (tertiary/aromatic N) is 3. The van der Waals surface area contributed by atoms with Gasteiger partial charge >= 0.3 is 0 Å². The van der Waals surface area contributed by atoms with Crippen LogP contribution >= 0.6 is 27.7 Å². The molecule has 3 heterocycles. The molecule has 3 aromatic rings. The van der Waals surface area contributed by atoms with Crippen LogP contribution in [0.5, 0.6) is 5.88 Å². The van der Waals surface area contributed by atoms with Crippen LogP contribution in [0.2, 0.25) is 0 Å². The smallest absolute Gasteiger partial charge is 0.247 e. The molecular weight excluding hydrogens is 428 g/mol. The Labute approximate surface area is 168 Å². The Kier molecular flexibility index (Phi) is 5.26. The van der Waals surface area contributed by atoms with Gasteiger partial charge in [0, 0.05) is 21.5 Å². The standard InChI is InChI=1S/C19H15BrN4O2S/c1-2-10-27-19-22-18-17(23-24-19)14-11-12(20)5-7-15(14)21-16(26-18)8-6-13-4-3-9-25-13/h2-9,11,16,21H,1,10H2/b8-6+/t16-/m0/s1. The molecule has 27 heavy (non-hydrogen) atoms. The van der Waals surface area contributed by atoms with Crippen LogP contribution in [0.1, 0.15) is 5.76 Å². The van der Waals surface area contributed by atoms with E-state index >= 15 is 0 Å². The van der Waals surface area contributed by atoms with E-state index < -0.39 is 6.23 Å². The van der Waals surface area contributed by atoms with Crippen LogP contribution in [0.25, 0.3) is 17.3 Å². The van der Waals surface area contributed by atoms with E-state index in [-0.39, 0.29) is 0 Å². The van der Waals surface area contributed by atoms with Crippen LogP contribution in [0.4, 0.5) is 5.69 Å². The van der Waals surface area contributed by atoms with Crippen molar-refractivity contribution in [1.29, 1.82) is 0 Å². The minimum Gasteiger partial charge on any atom is -0.465 e. The number of rotatable bonds is 5. The molecule has 4 rings (SSSR count). The Morgan fingerprint density at radius 2 is 2.22 bits per heavy atom. The molecule has 1 aliphatic rings. The summed E-state index contributed by atoms with van der Waals surface area (Å²) in [5.74, 6) is 1.86. The van der Waals surface area contributed by atoms with Gasteiger partial charge in [0.25, 0.3) is 0 Å². The second kappa shape index (κ2) is 7.98. The Morgan fingerprint density at radius 3 is 3.04 bits per heavy atom. The Balaban J connectivity index is 1.73. The minimum absolute atomic E-state index is 0.426. The zero-order chi connectivity index (χ0) is 18.6. The lowest BCUT2D eigenvalue weighted by molar-refractivity contribution is 0.266. The fourth-order valence-corrected chi connectivity index (χ4v) is 3.41. The number of halogens is 1. The number of aromatic nitrogens is 3. The number of ether oxygens (including phenoxy) is 1. The molecule has 1 atom stereocenters. The number of anilines is 1. The van der Waals surface area contributed by atoms with Crippen molar-refractivity contribution in [2.24, 2.45) is 0 Å². The molecule has 0 bridgehead atoms. The molecule has 0 radical (unpaired) electrons. The molecule has 0 saturated carbocycles. The van der Waals surface area contributed by atoms with Gasteiger partial charge in [0.05, 0.1) is 6.26 Å². The number of fused-ring (bicyclic) bond motifs is 3. The first kappa shape index (κ1) is 17.8. The summed E-state index contributed by atoms with van der Waals surface area (Å²) >= 11 is 4.96. The third-order valence-electron chi connectivity index (χ3n) is 3.72. The van der Waals surface area contributed by atoms with Crippen molar-refractivity contribution in [3.63, 3.8) is 0 Å². The van der Waals surface area contributed by atoms with Crippen LogP contribution in [0.3, 0.4) is 0 Å². The highest BCUT2D eigenvalue weighted by Gasteiger charge is 2.24. The number of benzene rings is 1. The third kappa shape index (κ3) is 4.06. The third-order valence-corrected chi connectivity index (χ3v) is 5.04. The predicted molar refractivity (Wildman–Crippen MR) is 110 cm³/mol. The maximum Gasteiger partial charge on any atom is 0.247 e. The first-order valence-corrected chi connectivity index (χ1v) is 9.94. The topological polar surface area (TPSA) is 73.1 Å². The minimum atomic E-state index is -0.440. The SMILES string of the molecule is C=CCSc1nnc2c(n1)O[C@@H](/C=C/c1ccco1)Nc1ccc(Br)cc1-2. The Bertz CT molecular complexity index is 991. The summed E-state index contributed by atoms with van der Waals surface area (Å²) in [5, 5.41) is 12.5. The van der Waals surface area contributed by atoms with Crippen molar-refractivity contribution in [3.8, 4) is 17.1 Å². The van der Waals surface area contributed by atoms with E-state index in [9.17, 15) is 0 Å². The second-order valence-corrected chi connectivity index (χ2v) is 7.50. The van der Waals surface area contributed by atoms with Crippen molar-refractivity contribution in [1.82, 2.24) is 15.2 Å². The van der Waals surface area contributed by atoms with Crippen molar-refractivity contribution in [2.75, 3.05) is 11.1 Å². The van der Waals surface area contributed by atoms with Gasteiger partial charge in [-0.1, -0.05) is 33.8 Å². The normalized spacial score (nSPS) is 15.4. The van der Waals surface area contributed by atoms with E-state index in [2.05, 4.69) is 43.0 Å². The van der Waals surface area contributed by atoms with Crippen molar-refractivity contribution in [3.05, 3.63) is 65.6 Å². The summed E-state index contributed by atoms with van der Waals surface area (Å²) in [7, 11) is 0. The van der Waals surface area contributed by atoms with E-state index in [4.69, 9.17) is 9.15 Å². The van der Waals surface area contributed by atoms with Gasteiger partial charge in [-0.2, -0.15) is 4.98 Å². The molecule has 2 aromatic heterocycles. The molecule has 1 N–H and O–H groups in total. The molecule has 1 aliphatic heterocycles. The predicted octanol–water partition coefficient (Wildman–Crippen LogP) is 5.02. The van der Waals surface area contributed by atoms with Gasteiger partial charge in [-0.05, 0) is 42.5 Å². The average Bonchev–Trinajstić information content (AvgIpc) is 3.14. The lowest BCUT2D eigenvalue weighted by atomic mass is 10.1. The fourth-order valence-electron chi connectivity index (χ4n) is 2.54. The van der Waals surface area contributed by atoms with Gasteiger partial charge in [0.15, 0.2) is 11.9 Å². The first-order valence-electron chi connectivity index (χ1n) is 8.16. The van der Waals surface area contributed by atoms with E-state index in [0.29, 0.717) is 22.5 Å². The number of thioether (sulfide) groups is 1. The number of nitrogens with one attached hydrogen (secondary N) is 1. The fraction of sp³-hybridized carbons (Fsp3) is 0.105. The van der Waals surface area contributed by atoms with Gasteiger partial charge in [-0.25, -0.2) is 0 Å². The molecule has 6 nitrogen and oxygen atoms in total. The highest BCUT2D eigenvalue weighted by Crippen LogP contribution is 2.38. The van der Waals surface area contributed by atoms with Crippen molar-refractivity contribution >= 4 is 39.5 Å². The summed E-state index contributed by atoms with van der Waals surface area (Å²) in [6.45, 7) is 3.72. The molecule has 0 aliphatic carbocycles. The van der Waals surface area contributed by atoms with Crippen LogP contribution < -0.4 is 10.1 Å². The second-order valence-electron chi connectivity index (χ2n) is 5.60. The summed E-state index contributed by atoms with van der Waals surface area (Å²) < 4.78 is 12.4. The summed E-state index contributed by atoms with van der Waals surface area (Å²) in [5.41, 5.74) is 2.35. The molecular formula is C19H15BrN4O2S. The molecule has 8 heteroatoms. The summed E-state index contributed by atoms with van der Waals surface area (Å²) in [4.78, 5) is 4.54. The van der Waals surface area contributed by atoms with Crippen molar-refractivity contribution in [2.45, 2.75) is 11.4 Å². The quantitative estimate of drug-likeness (QED) is 0.439. The molecule has 0 fully saturated rings. The van der Waals surface area contributed by atoms with E-state index in [1.807, 2.05) is 42.5 Å².